The zero-order valence-corrected chi connectivity index (χ0v) is 10.7. The number of alkyl halides is 1. The first-order chi connectivity index (χ1) is 8.29. The molecule has 0 bridgehead atoms. The molecule has 0 amide bonds. The molecular weight excluding hydrogens is 286 g/mol. The summed E-state index contributed by atoms with van der Waals surface area (Å²) in [7, 11) is 0. The lowest BCUT2D eigenvalue weighted by Gasteiger charge is -2.23. The van der Waals surface area contributed by atoms with Crippen LogP contribution in [-0.2, 0) is 0 Å². The molecule has 1 aliphatic rings. The molecule has 1 saturated heterocycles. The normalized spacial score (nSPS) is 20.3. The molecule has 2 aromatic rings. The van der Waals surface area contributed by atoms with E-state index in [1.807, 2.05) is 12.1 Å². The van der Waals surface area contributed by atoms with E-state index in [9.17, 15) is 4.79 Å². The van der Waals surface area contributed by atoms with E-state index in [2.05, 4.69) is 36.1 Å². The van der Waals surface area contributed by atoms with Gasteiger partial charge in [-0.2, -0.15) is 9.61 Å². The quantitative estimate of drug-likeness (QED) is 0.832. The van der Waals surface area contributed by atoms with Gasteiger partial charge in [-0.05, 0) is 25.0 Å². The van der Waals surface area contributed by atoms with Crippen molar-refractivity contribution in [2.75, 3.05) is 16.8 Å². The van der Waals surface area contributed by atoms with Crippen LogP contribution in [0.15, 0.2) is 16.9 Å². The monoisotopic (exact) mass is 297 g/mol. The second kappa shape index (κ2) is 4.14. The predicted molar refractivity (Wildman–Crippen MR) is 67.8 cm³/mol. The van der Waals surface area contributed by atoms with E-state index in [1.54, 1.807) is 0 Å². The zero-order chi connectivity index (χ0) is 11.8. The molecule has 1 unspecified atom stereocenters. The largest absolute Gasteiger partial charge is 0.364 e. The minimum atomic E-state index is -0.295. The molecular formula is C10H12BrN5O. The number of hydrogen-bond acceptors (Lipinski definition) is 4. The summed E-state index contributed by atoms with van der Waals surface area (Å²) in [6.07, 6.45) is 2.32. The van der Waals surface area contributed by atoms with Crippen LogP contribution in [0.1, 0.15) is 12.8 Å². The van der Waals surface area contributed by atoms with Crippen molar-refractivity contribution in [1.82, 2.24) is 19.8 Å². The Labute approximate surface area is 106 Å². The Hall–Kier alpha value is -1.37. The van der Waals surface area contributed by atoms with Gasteiger partial charge in [0.15, 0.2) is 5.65 Å². The molecule has 0 radical (unpaired) electrons. The van der Waals surface area contributed by atoms with Crippen molar-refractivity contribution in [2.24, 2.45) is 0 Å². The average molecular weight is 298 g/mol. The molecule has 0 spiro atoms. The molecule has 1 aliphatic heterocycles. The molecule has 90 valence electrons. The lowest BCUT2D eigenvalue weighted by molar-refractivity contribution is 0.726. The van der Waals surface area contributed by atoms with E-state index in [-0.39, 0.29) is 5.69 Å². The van der Waals surface area contributed by atoms with Crippen molar-refractivity contribution in [3.63, 3.8) is 0 Å². The summed E-state index contributed by atoms with van der Waals surface area (Å²) in [5, 5.41) is 11.5. The maximum atomic E-state index is 11.5. The highest BCUT2D eigenvalue weighted by Crippen LogP contribution is 2.24. The first-order valence-corrected chi connectivity index (χ1v) is 6.69. The van der Waals surface area contributed by atoms with Gasteiger partial charge in [0, 0.05) is 17.9 Å². The molecule has 17 heavy (non-hydrogen) atoms. The Morgan fingerprint density at radius 3 is 3.24 bits per heavy atom. The van der Waals surface area contributed by atoms with Crippen LogP contribution in [-0.4, -0.2) is 37.7 Å². The molecule has 1 fully saturated rings. The van der Waals surface area contributed by atoms with Crippen LogP contribution in [0, 0.1) is 0 Å². The van der Waals surface area contributed by atoms with Crippen molar-refractivity contribution in [3.8, 4) is 0 Å². The molecule has 3 rings (SSSR count). The molecule has 0 aliphatic carbocycles. The average Bonchev–Trinajstić information content (AvgIpc) is 2.96. The Balaban J connectivity index is 2.05. The van der Waals surface area contributed by atoms with Gasteiger partial charge in [0.1, 0.15) is 5.82 Å². The predicted octanol–water partition coefficient (Wildman–Crippen LogP) is 0.781. The summed E-state index contributed by atoms with van der Waals surface area (Å²) in [4.78, 5) is 13.7. The standard InChI is InChI=1S/C10H12BrN5O/c11-6-7-2-1-5-15(7)9-4-3-8-12-13-10(17)16(8)14-9/h3-4,7H,1-2,5-6H2,(H,13,17). The summed E-state index contributed by atoms with van der Waals surface area (Å²) < 4.78 is 1.30. The molecule has 1 N–H and O–H groups in total. The lowest BCUT2D eigenvalue weighted by atomic mass is 10.2. The SMILES string of the molecule is O=c1[nH]nc2ccc(N3CCCC3CBr)nn12. The van der Waals surface area contributed by atoms with Crippen LogP contribution in [0.3, 0.4) is 0 Å². The van der Waals surface area contributed by atoms with Gasteiger partial charge in [-0.3, -0.25) is 0 Å². The van der Waals surface area contributed by atoms with E-state index in [4.69, 9.17) is 0 Å². The maximum absolute atomic E-state index is 11.5. The fraction of sp³-hybridized carbons (Fsp3) is 0.500. The highest BCUT2D eigenvalue weighted by atomic mass is 79.9. The minimum Gasteiger partial charge on any atom is -0.351 e. The van der Waals surface area contributed by atoms with Crippen molar-refractivity contribution in [2.45, 2.75) is 18.9 Å². The summed E-state index contributed by atoms with van der Waals surface area (Å²) >= 11 is 3.51. The van der Waals surface area contributed by atoms with E-state index >= 15 is 0 Å². The summed E-state index contributed by atoms with van der Waals surface area (Å²) in [6, 6.07) is 4.18. The van der Waals surface area contributed by atoms with Gasteiger partial charge < -0.3 is 4.90 Å². The number of aromatic nitrogens is 4. The van der Waals surface area contributed by atoms with Gasteiger partial charge in [0.05, 0.1) is 0 Å². The van der Waals surface area contributed by atoms with Crippen LogP contribution in [0.4, 0.5) is 5.82 Å². The number of nitrogens with one attached hydrogen (secondary N) is 1. The summed E-state index contributed by atoms with van der Waals surface area (Å²) in [5.41, 5.74) is 0.254. The van der Waals surface area contributed by atoms with Gasteiger partial charge >= 0.3 is 5.69 Å². The topological polar surface area (TPSA) is 66.3 Å². The molecule has 0 saturated carbocycles. The highest BCUT2D eigenvalue weighted by Gasteiger charge is 2.25. The van der Waals surface area contributed by atoms with Crippen molar-refractivity contribution in [3.05, 3.63) is 22.6 Å². The second-order valence-corrected chi connectivity index (χ2v) is 4.78. The fourth-order valence-electron chi connectivity index (χ4n) is 2.24. The van der Waals surface area contributed by atoms with Crippen LogP contribution in [0.5, 0.6) is 0 Å². The Kier molecular flexibility index (Phi) is 2.62. The van der Waals surface area contributed by atoms with Crippen LogP contribution in [0.25, 0.3) is 5.65 Å². The third-order valence-electron chi connectivity index (χ3n) is 3.11. The molecule has 3 heterocycles. The molecule has 0 aromatic carbocycles. The number of aromatic amines is 1. The number of H-pyrrole nitrogens is 1. The number of nitrogens with zero attached hydrogens (tertiary/aromatic N) is 4. The number of anilines is 1. The number of halogens is 1. The number of fused-ring (bicyclic) bond motifs is 1. The van der Waals surface area contributed by atoms with E-state index in [0.29, 0.717) is 11.7 Å². The van der Waals surface area contributed by atoms with E-state index < -0.39 is 0 Å². The minimum absolute atomic E-state index is 0.295. The van der Waals surface area contributed by atoms with Crippen molar-refractivity contribution >= 4 is 27.4 Å². The highest BCUT2D eigenvalue weighted by molar-refractivity contribution is 9.09. The second-order valence-electron chi connectivity index (χ2n) is 4.13. The van der Waals surface area contributed by atoms with E-state index in [0.717, 1.165) is 30.5 Å². The van der Waals surface area contributed by atoms with Gasteiger partial charge in [0.2, 0.25) is 0 Å². The smallest absolute Gasteiger partial charge is 0.351 e. The molecule has 1 atom stereocenters. The Morgan fingerprint density at radius 2 is 2.41 bits per heavy atom. The molecule has 7 heteroatoms. The van der Waals surface area contributed by atoms with E-state index in [1.165, 1.54) is 4.52 Å². The van der Waals surface area contributed by atoms with Crippen molar-refractivity contribution < 1.29 is 0 Å². The zero-order valence-electron chi connectivity index (χ0n) is 9.14. The Bertz CT molecular complexity index is 592. The van der Waals surface area contributed by atoms with Gasteiger partial charge in [0.25, 0.3) is 0 Å². The first kappa shape index (κ1) is 10.8. The lowest BCUT2D eigenvalue weighted by Crippen LogP contribution is -2.32. The van der Waals surface area contributed by atoms with Crippen LogP contribution < -0.4 is 10.6 Å². The molecule has 6 nitrogen and oxygen atoms in total. The number of rotatable bonds is 2. The van der Waals surface area contributed by atoms with Gasteiger partial charge in [-0.25, -0.2) is 9.89 Å². The first-order valence-electron chi connectivity index (χ1n) is 5.56. The summed E-state index contributed by atoms with van der Waals surface area (Å²) in [6.45, 7) is 0.987. The Morgan fingerprint density at radius 1 is 1.53 bits per heavy atom. The van der Waals surface area contributed by atoms with Crippen molar-refractivity contribution in [1.29, 1.82) is 0 Å². The third kappa shape index (κ3) is 1.74. The molecule has 2 aromatic heterocycles. The van der Waals surface area contributed by atoms with Gasteiger partial charge in [-0.1, -0.05) is 15.9 Å². The summed E-state index contributed by atoms with van der Waals surface area (Å²) in [5.74, 6) is 0.836. The van der Waals surface area contributed by atoms with Crippen LogP contribution >= 0.6 is 15.9 Å². The third-order valence-corrected chi connectivity index (χ3v) is 3.86. The fourth-order valence-corrected chi connectivity index (χ4v) is 2.92. The number of hydrogen-bond donors (Lipinski definition) is 1. The maximum Gasteiger partial charge on any atom is 0.364 e. The van der Waals surface area contributed by atoms with Crippen LogP contribution in [0.2, 0.25) is 0 Å². The van der Waals surface area contributed by atoms with Gasteiger partial charge in [-0.15, -0.1) is 5.10 Å².